The van der Waals surface area contributed by atoms with Gasteiger partial charge in [0.25, 0.3) is 0 Å². The van der Waals surface area contributed by atoms with Gasteiger partial charge >= 0.3 is 6.09 Å². The van der Waals surface area contributed by atoms with Crippen molar-refractivity contribution in [3.63, 3.8) is 0 Å². The van der Waals surface area contributed by atoms with Gasteiger partial charge in [-0.25, -0.2) is 9.78 Å². The lowest BCUT2D eigenvalue weighted by molar-refractivity contribution is 0.0509. The molecule has 4 N–H and O–H groups in total. The number of alkyl carbamates (subject to hydrolysis) is 1. The third-order valence-corrected chi connectivity index (χ3v) is 3.45. The first kappa shape index (κ1) is 16.2. The topological polar surface area (TPSA) is 92.5 Å². The summed E-state index contributed by atoms with van der Waals surface area (Å²) in [6.45, 7) is 7.09. The van der Waals surface area contributed by atoms with Gasteiger partial charge in [0, 0.05) is 26.3 Å². The van der Waals surface area contributed by atoms with Crippen LogP contribution in [0, 0.1) is 0 Å². The number of ether oxygens (including phenoxy) is 1. The summed E-state index contributed by atoms with van der Waals surface area (Å²) >= 11 is 0. The zero-order valence-electron chi connectivity index (χ0n) is 13.6. The number of hydrogen-bond acceptors (Lipinski definition) is 6. The van der Waals surface area contributed by atoms with Crippen LogP contribution in [0.2, 0.25) is 0 Å². The van der Waals surface area contributed by atoms with E-state index < -0.39 is 5.60 Å². The van der Waals surface area contributed by atoms with Gasteiger partial charge in [-0.05, 0) is 33.3 Å². The number of amides is 1. The molecule has 0 spiro atoms. The molecule has 1 aromatic rings. The van der Waals surface area contributed by atoms with Gasteiger partial charge in [-0.1, -0.05) is 0 Å². The molecule has 122 valence electrons. The van der Waals surface area contributed by atoms with Gasteiger partial charge in [0.05, 0.1) is 17.4 Å². The fourth-order valence-electron chi connectivity index (χ4n) is 2.51. The molecule has 1 aliphatic heterocycles. The highest BCUT2D eigenvalue weighted by Crippen LogP contribution is 2.30. The van der Waals surface area contributed by atoms with Crippen LogP contribution in [0.5, 0.6) is 0 Å². The van der Waals surface area contributed by atoms with E-state index >= 15 is 0 Å². The molecule has 1 atom stereocenters. The molecule has 0 aliphatic carbocycles. The Bertz CT molecular complexity index is 541. The lowest BCUT2D eigenvalue weighted by Crippen LogP contribution is -2.40. The summed E-state index contributed by atoms with van der Waals surface area (Å²) in [5.74, 6) is 0.668. The van der Waals surface area contributed by atoms with Gasteiger partial charge < -0.3 is 26.0 Å². The number of aromatic nitrogens is 1. The van der Waals surface area contributed by atoms with E-state index in [2.05, 4.69) is 20.5 Å². The van der Waals surface area contributed by atoms with E-state index in [4.69, 9.17) is 10.5 Å². The maximum atomic E-state index is 11.8. The first-order chi connectivity index (χ1) is 10.3. The van der Waals surface area contributed by atoms with Crippen molar-refractivity contribution in [3.8, 4) is 0 Å². The highest BCUT2D eigenvalue weighted by molar-refractivity contribution is 5.78. The molecular weight excluding hydrogens is 282 g/mol. The average molecular weight is 307 g/mol. The summed E-state index contributed by atoms with van der Waals surface area (Å²) in [6, 6.07) is 1.95. The zero-order valence-corrected chi connectivity index (χ0v) is 13.6. The minimum absolute atomic E-state index is 0.0560. The predicted molar refractivity (Wildman–Crippen MR) is 88.2 cm³/mol. The number of nitrogens with two attached hydrogens (primary N) is 1. The molecule has 0 saturated carbocycles. The van der Waals surface area contributed by atoms with Crippen molar-refractivity contribution in [1.82, 2.24) is 10.3 Å². The Labute approximate surface area is 131 Å². The minimum Gasteiger partial charge on any atom is -0.444 e. The molecule has 1 amide bonds. The molecule has 1 aliphatic rings. The van der Waals surface area contributed by atoms with Crippen molar-refractivity contribution in [1.29, 1.82) is 0 Å². The second kappa shape index (κ2) is 6.29. The van der Waals surface area contributed by atoms with Crippen LogP contribution in [-0.4, -0.2) is 42.9 Å². The van der Waals surface area contributed by atoms with Crippen molar-refractivity contribution in [3.05, 3.63) is 12.3 Å². The number of hydrogen-bond donors (Lipinski definition) is 3. The fourth-order valence-corrected chi connectivity index (χ4v) is 2.51. The molecule has 0 bridgehead atoms. The van der Waals surface area contributed by atoms with Crippen LogP contribution in [-0.2, 0) is 4.74 Å². The Hall–Kier alpha value is -2.18. The summed E-state index contributed by atoms with van der Waals surface area (Å²) in [7, 11) is 1.79. The summed E-state index contributed by atoms with van der Waals surface area (Å²) in [5, 5.41) is 5.88. The third-order valence-electron chi connectivity index (χ3n) is 3.45. The fraction of sp³-hybridized carbons (Fsp3) is 0.600. The zero-order chi connectivity index (χ0) is 16.3. The monoisotopic (exact) mass is 307 g/mol. The Morgan fingerprint density at radius 2 is 2.23 bits per heavy atom. The van der Waals surface area contributed by atoms with Crippen molar-refractivity contribution in [2.75, 3.05) is 36.1 Å². The van der Waals surface area contributed by atoms with Crippen molar-refractivity contribution >= 4 is 23.3 Å². The lowest BCUT2D eigenvalue weighted by Gasteiger charge is -2.23. The SMILES string of the molecule is CNc1nccc(N2CCC(NC(=O)OC(C)(C)C)C2)c1N. The number of nitrogen functional groups attached to an aromatic ring is 1. The second-order valence-corrected chi connectivity index (χ2v) is 6.42. The van der Waals surface area contributed by atoms with E-state index in [-0.39, 0.29) is 12.1 Å². The first-order valence-electron chi connectivity index (χ1n) is 7.47. The van der Waals surface area contributed by atoms with Gasteiger partial charge in [-0.2, -0.15) is 0 Å². The average Bonchev–Trinajstić information content (AvgIpc) is 2.85. The van der Waals surface area contributed by atoms with Gasteiger partial charge in [0.1, 0.15) is 5.60 Å². The third kappa shape index (κ3) is 3.93. The van der Waals surface area contributed by atoms with Crippen molar-refractivity contribution < 1.29 is 9.53 Å². The van der Waals surface area contributed by atoms with E-state index in [9.17, 15) is 4.79 Å². The molecule has 1 fully saturated rings. The number of nitrogens with one attached hydrogen (secondary N) is 2. The second-order valence-electron chi connectivity index (χ2n) is 6.42. The standard InChI is InChI=1S/C15H25N5O2/c1-15(2,3)22-14(21)19-10-6-8-20(9-10)11-5-7-18-13(17-4)12(11)16/h5,7,10H,6,8-9,16H2,1-4H3,(H,17,18)(H,19,21). The van der Waals surface area contributed by atoms with E-state index in [1.165, 1.54) is 0 Å². The molecule has 0 radical (unpaired) electrons. The van der Waals surface area contributed by atoms with Crippen LogP contribution in [0.15, 0.2) is 12.3 Å². The van der Waals surface area contributed by atoms with E-state index in [1.54, 1.807) is 13.2 Å². The Balaban J connectivity index is 1.97. The van der Waals surface area contributed by atoms with E-state index in [0.29, 0.717) is 18.1 Å². The largest absolute Gasteiger partial charge is 0.444 e. The summed E-state index contributed by atoms with van der Waals surface area (Å²) in [6.07, 6.45) is 2.21. The minimum atomic E-state index is -0.487. The number of anilines is 3. The molecule has 2 rings (SSSR count). The smallest absolute Gasteiger partial charge is 0.407 e. The van der Waals surface area contributed by atoms with E-state index in [0.717, 1.165) is 18.7 Å². The maximum Gasteiger partial charge on any atom is 0.407 e. The summed E-state index contributed by atoms with van der Waals surface area (Å²) in [4.78, 5) is 18.2. The number of nitrogens with zero attached hydrogens (tertiary/aromatic N) is 2. The molecule has 0 aromatic carbocycles. The Morgan fingerprint density at radius 1 is 1.50 bits per heavy atom. The van der Waals surface area contributed by atoms with Crippen LogP contribution in [0.25, 0.3) is 0 Å². The van der Waals surface area contributed by atoms with Crippen LogP contribution < -0.4 is 21.3 Å². The molecule has 1 unspecified atom stereocenters. The van der Waals surface area contributed by atoms with Gasteiger partial charge in [-0.15, -0.1) is 0 Å². The Morgan fingerprint density at radius 3 is 2.86 bits per heavy atom. The van der Waals surface area contributed by atoms with Gasteiger partial charge in [0.15, 0.2) is 5.82 Å². The molecular formula is C15H25N5O2. The van der Waals surface area contributed by atoms with Crippen LogP contribution in [0.4, 0.5) is 22.0 Å². The number of pyridine rings is 1. The summed E-state index contributed by atoms with van der Waals surface area (Å²) < 4.78 is 5.29. The van der Waals surface area contributed by atoms with Gasteiger partial charge in [-0.3, -0.25) is 0 Å². The number of carbonyl (C=O) groups is 1. The molecule has 22 heavy (non-hydrogen) atoms. The molecule has 1 aromatic heterocycles. The molecule has 2 heterocycles. The molecule has 7 heteroatoms. The van der Waals surface area contributed by atoms with Crippen LogP contribution in [0.3, 0.4) is 0 Å². The Kier molecular flexibility index (Phi) is 4.63. The van der Waals surface area contributed by atoms with Crippen molar-refractivity contribution in [2.45, 2.75) is 38.8 Å². The first-order valence-corrected chi connectivity index (χ1v) is 7.47. The number of carbonyl (C=O) groups excluding carboxylic acids is 1. The van der Waals surface area contributed by atoms with Crippen LogP contribution in [0.1, 0.15) is 27.2 Å². The maximum absolute atomic E-state index is 11.8. The van der Waals surface area contributed by atoms with E-state index in [1.807, 2.05) is 26.8 Å². The normalized spacial score (nSPS) is 18.2. The lowest BCUT2D eigenvalue weighted by atomic mass is 10.2. The van der Waals surface area contributed by atoms with Crippen molar-refractivity contribution in [2.24, 2.45) is 0 Å². The highest BCUT2D eigenvalue weighted by Gasteiger charge is 2.27. The number of rotatable bonds is 3. The summed E-state index contributed by atoms with van der Waals surface area (Å²) in [5.41, 5.74) is 7.20. The molecule has 7 nitrogen and oxygen atoms in total. The molecule has 1 saturated heterocycles. The quantitative estimate of drug-likeness (QED) is 0.788. The van der Waals surface area contributed by atoms with Crippen LogP contribution >= 0.6 is 0 Å². The predicted octanol–water partition coefficient (Wildman–Crippen LogP) is 1.81. The highest BCUT2D eigenvalue weighted by atomic mass is 16.6. The van der Waals surface area contributed by atoms with Gasteiger partial charge in [0.2, 0.25) is 0 Å².